The first kappa shape index (κ1) is 24.8. The lowest BCUT2D eigenvalue weighted by Gasteiger charge is -2.39. The third kappa shape index (κ3) is 4.90. The first-order chi connectivity index (χ1) is 16.1. The fraction of sp³-hybridized carbons (Fsp3) is 0.556. The molecule has 7 heteroatoms. The zero-order valence-electron chi connectivity index (χ0n) is 20.4. The van der Waals surface area contributed by atoms with Gasteiger partial charge in [0.1, 0.15) is 6.10 Å². The Labute approximate surface area is 209 Å². The normalized spacial score (nSPS) is 22.9. The van der Waals surface area contributed by atoms with Crippen molar-refractivity contribution in [3.05, 3.63) is 44.7 Å². The quantitative estimate of drug-likeness (QED) is 0.451. The number of hydrogen-bond acceptors (Lipinski definition) is 6. The summed E-state index contributed by atoms with van der Waals surface area (Å²) < 4.78 is 12.1. The molecule has 0 bridgehead atoms. The van der Waals surface area contributed by atoms with Crippen LogP contribution in [0.5, 0.6) is 11.5 Å². The molecule has 1 aliphatic heterocycles. The summed E-state index contributed by atoms with van der Waals surface area (Å²) in [6.45, 7) is 8.26. The molecule has 1 aromatic carbocycles. The van der Waals surface area contributed by atoms with Crippen LogP contribution in [0, 0.1) is 5.41 Å². The van der Waals surface area contributed by atoms with Crippen LogP contribution >= 0.6 is 15.9 Å². The second-order valence-corrected chi connectivity index (χ2v) is 11.2. The van der Waals surface area contributed by atoms with Crippen LogP contribution in [-0.2, 0) is 14.3 Å². The fourth-order valence-electron chi connectivity index (χ4n) is 5.46. The van der Waals surface area contributed by atoms with Gasteiger partial charge in [-0.15, -0.1) is 0 Å². The van der Waals surface area contributed by atoms with Crippen molar-refractivity contribution in [3.63, 3.8) is 0 Å². The summed E-state index contributed by atoms with van der Waals surface area (Å²) in [6, 6.07) is 3.51. The van der Waals surface area contributed by atoms with Crippen LogP contribution in [-0.4, -0.2) is 29.6 Å². The minimum atomic E-state index is -0.591. The fourth-order valence-corrected chi connectivity index (χ4v) is 5.92. The molecule has 0 saturated heterocycles. The minimum absolute atomic E-state index is 0.00289. The Balaban J connectivity index is 1.82. The van der Waals surface area contributed by atoms with E-state index in [0.717, 1.165) is 31.4 Å². The highest BCUT2D eigenvalue weighted by Crippen LogP contribution is 2.49. The van der Waals surface area contributed by atoms with E-state index in [9.17, 15) is 14.7 Å². The molecule has 3 aliphatic rings. The first-order valence-corrected chi connectivity index (χ1v) is 13.0. The molecule has 2 N–H and O–H groups in total. The van der Waals surface area contributed by atoms with Crippen LogP contribution in [0.15, 0.2) is 39.1 Å². The van der Waals surface area contributed by atoms with Gasteiger partial charge in [-0.1, -0.05) is 20.3 Å². The number of esters is 1. The molecule has 1 saturated carbocycles. The molecule has 4 rings (SSSR count). The van der Waals surface area contributed by atoms with Gasteiger partial charge in [-0.05, 0) is 85.0 Å². The number of benzene rings is 1. The predicted octanol–water partition coefficient (Wildman–Crippen LogP) is 6.03. The van der Waals surface area contributed by atoms with Gasteiger partial charge in [0.25, 0.3) is 0 Å². The molecule has 0 spiro atoms. The number of halogens is 1. The Kier molecular flexibility index (Phi) is 7.13. The van der Waals surface area contributed by atoms with Crippen molar-refractivity contribution in [1.29, 1.82) is 0 Å². The molecule has 184 valence electrons. The van der Waals surface area contributed by atoms with Gasteiger partial charge in [0, 0.05) is 29.3 Å². The first-order valence-electron chi connectivity index (χ1n) is 12.2. The van der Waals surface area contributed by atoms with Crippen molar-refractivity contribution in [3.8, 4) is 11.5 Å². The second-order valence-electron chi connectivity index (χ2n) is 10.4. The van der Waals surface area contributed by atoms with Gasteiger partial charge in [0.05, 0.1) is 16.7 Å². The molecule has 1 heterocycles. The van der Waals surface area contributed by atoms with Gasteiger partial charge >= 0.3 is 5.97 Å². The highest BCUT2D eigenvalue weighted by atomic mass is 79.9. The van der Waals surface area contributed by atoms with Crippen molar-refractivity contribution in [2.75, 3.05) is 6.61 Å². The summed E-state index contributed by atoms with van der Waals surface area (Å²) >= 11 is 3.43. The van der Waals surface area contributed by atoms with Gasteiger partial charge in [-0.25, -0.2) is 4.79 Å². The third-order valence-electron chi connectivity index (χ3n) is 6.97. The number of phenolic OH excluding ortho intramolecular Hbond substituents is 1. The molecule has 1 unspecified atom stereocenters. The van der Waals surface area contributed by atoms with E-state index in [1.165, 1.54) is 6.42 Å². The van der Waals surface area contributed by atoms with Crippen LogP contribution < -0.4 is 10.1 Å². The van der Waals surface area contributed by atoms with E-state index in [0.29, 0.717) is 52.1 Å². The predicted molar refractivity (Wildman–Crippen MR) is 134 cm³/mol. The maximum Gasteiger partial charge on any atom is 0.337 e. The van der Waals surface area contributed by atoms with E-state index in [2.05, 4.69) is 35.1 Å². The summed E-state index contributed by atoms with van der Waals surface area (Å²) in [5.41, 5.74) is 3.18. The molecule has 0 radical (unpaired) electrons. The molecule has 6 nitrogen and oxygen atoms in total. The van der Waals surface area contributed by atoms with Crippen molar-refractivity contribution >= 4 is 27.7 Å². The molecule has 34 heavy (non-hydrogen) atoms. The molecular formula is C27H34BrNO5. The van der Waals surface area contributed by atoms with E-state index in [1.54, 1.807) is 12.1 Å². The molecule has 0 aromatic heterocycles. The van der Waals surface area contributed by atoms with Gasteiger partial charge in [0.2, 0.25) is 0 Å². The average molecular weight is 532 g/mol. The highest BCUT2D eigenvalue weighted by molar-refractivity contribution is 9.10. The van der Waals surface area contributed by atoms with E-state index < -0.39 is 5.92 Å². The number of nitrogens with one attached hydrogen (secondary N) is 1. The number of aromatic hydroxyl groups is 1. The largest absolute Gasteiger partial charge is 0.503 e. The molecule has 2 aliphatic carbocycles. The van der Waals surface area contributed by atoms with Gasteiger partial charge in [0.15, 0.2) is 17.3 Å². The molecule has 1 fully saturated rings. The van der Waals surface area contributed by atoms with Crippen molar-refractivity contribution in [2.24, 2.45) is 5.41 Å². The Hall–Kier alpha value is -2.28. The summed E-state index contributed by atoms with van der Waals surface area (Å²) in [6.07, 6.45) is 6.06. The highest BCUT2D eigenvalue weighted by Gasteiger charge is 2.44. The van der Waals surface area contributed by atoms with Crippen molar-refractivity contribution in [1.82, 2.24) is 5.32 Å². The number of rotatable bonds is 5. The average Bonchev–Trinajstić information content (AvgIpc) is 2.75. The zero-order chi connectivity index (χ0) is 24.6. The monoisotopic (exact) mass is 531 g/mol. The standard InChI is InChI=1S/C27H34BrNO5/c1-5-33-21-12-16(11-18(28)25(21)31)23-22(26(32)34-17-9-7-6-8-10-17)15(2)29-19-13-27(3,4)14-20(30)24(19)23/h11-12,17,23,29,31H,5-10,13-14H2,1-4H3. The van der Waals surface area contributed by atoms with Gasteiger partial charge in [-0.3, -0.25) is 4.79 Å². The Bertz CT molecular complexity index is 1070. The number of carbonyl (C=O) groups excluding carboxylic acids is 2. The van der Waals surface area contributed by atoms with Crippen LogP contribution in [0.3, 0.4) is 0 Å². The Morgan fingerprint density at radius 3 is 2.59 bits per heavy atom. The lowest BCUT2D eigenvalue weighted by atomic mass is 9.68. The second kappa shape index (κ2) is 9.76. The number of hydrogen-bond donors (Lipinski definition) is 2. The maximum absolute atomic E-state index is 13.6. The number of phenols is 1. The molecular weight excluding hydrogens is 498 g/mol. The van der Waals surface area contributed by atoms with E-state index in [1.807, 2.05) is 13.8 Å². The molecule has 1 aromatic rings. The van der Waals surface area contributed by atoms with Crippen molar-refractivity contribution in [2.45, 2.75) is 84.7 Å². The van der Waals surface area contributed by atoms with Gasteiger partial charge in [-0.2, -0.15) is 0 Å². The topological polar surface area (TPSA) is 84.9 Å². The molecule has 0 amide bonds. The van der Waals surface area contributed by atoms with Gasteiger partial charge < -0.3 is 19.9 Å². The van der Waals surface area contributed by atoms with E-state index in [4.69, 9.17) is 9.47 Å². The summed E-state index contributed by atoms with van der Waals surface area (Å²) in [4.78, 5) is 27.1. The summed E-state index contributed by atoms with van der Waals surface area (Å²) in [7, 11) is 0. The van der Waals surface area contributed by atoms with E-state index >= 15 is 0 Å². The summed E-state index contributed by atoms with van der Waals surface area (Å²) in [5.74, 6) is -0.632. The summed E-state index contributed by atoms with van der Waals surface area (Å²) in [5, 5.41) is 13.9. The zero-order valence-corrected chi connectivity index (χ0v) is 22.0. The number of ketones is 1. The SMILES string of the molecule is CCOc1cc(C2C(C(=O)OC3CCCCC3)=C(C)NC3=C2C(=O)CC(C)(C)C3)cc(Br)c1O. The lowest BCUT2D eigenvalue weighted by molar-refractivity contribution is -0.146. The van der Waals surface area contributed by atoms with Crippen LogP contribution in [0.4, 0.5) is 0 Å². The third-order valence-corrected chi connectivity index (χ3v) is 7.57. The number of carbonyl (C=O) groups is 2. The maximum atomic E-state index is 13.6. The van der Waals surface area contributed by atoms with Crippen molar-refractivity contribution < 1.29 is 24.2 Å². The van der Waals surface area contributed by atoms with E-state index in [-0.39, 0.29) is 29.0 Å². The Morgan fingerprint density at radius 1 is 1.21 bits per heavy atom. The van der Waals surface area contributed by atoms with Crippen LogP contribution in [0.2, 0.25) is 0 Å². The Morgan fingerprint density at radius 2 is 1.91 bits per heavy atom. The number of allylic oxidation sites excluding steroid dienone is 3. The molecule has 1 atom stereocenters. The minimum Gasteiger partial charge on any atom is -0.503 e. The van der Waals surface area contributed by atoms with Crippen LogP contribution in [0.25, 0.3) is 0 Å². The smallest absolute Gasteiger partial charge is 0.337 e. The lowest BCUT2D eigenvalue weighted by Crippen LogP contribution is -2.39. The number of ether oxygens (including phenoxy) is 2. The van der Waals surface area contributed by atoms with Crippen LogP contribution in [0.1, 0.15) is 84.1 Å². The number of dihydropyridines is 1. The number of Topliss-reactive ketones (excluding diaryl/α,β-unsaturated/α-hetero) is 1.